The van der Waals surface area contributed by atoms with Crippen LogP contribution in [0.15, 0.2) is 11.1 Å². The summed E-state index contributed by atoms with van der Waals surface area (Å²) < 4.78 is 0. The van der Waals surface area contributed by atoms with E-state index in [2.05, 4.69) is 0 Å². The van der Waals surface area contributed by atoms with E-state index < -0.39 is 17.2 Å². The van der Waals surface area contributed by atoms with Crippen LogP contribution >= 0.6 is 11.8 Å². The van der Waals surface area contributed by atoms with Crippen molar-refractivity contribution in [3.8, 4) is 0 Å². The topological polar surface area (TPSA) is 91.7 Å². The maximum atomic E-state index is 11.4. The first-order valence-corrected chi connectivity index (χ1v) is 5.81. The highest BCUT2D eigenvalue weighted by Crippen LogP contribution is 2.27. The third kappa shape index (κ3) is 2.85. The first kappa shape index (κ1) is 12.8. The number of hydrogen-bond donors (Lipinski definition) is 2. The van der Waals surface area contributed by atoms with E-state index in [0.29, 0.717) is 0 Å². The summed E-state index contributed by atoms with van der Waals surface area (Å²) in [5.41, 5.74) is 0.403. The number of aliphatic carboxylic acids is 2. The molecule has 0 aromatic rings. The van der Waals surface area contributed by atoms with Gasteiger partial charge in [-0.15, -0.1) is 11.8 Å². The fourth-order valence-corrected chi connectivity index (χ4v) is 2.29. The van der Waals surface area contributed by atoms with Gasteiger partial charge in [0.05, 0.1) is 5.25 Å². The predicted molar refractivity (Wildman–Crippen MR) is 58.5 cm³/mol. The SMILES string of the molecule is CC(SCC1=C(C(=O)O)CCC1=O)C(=O)O. The molecule has 1 atom stereocenters. The molecule has 1 unspecified atom stereocenters. The summed E-state index contributed by atoms with van der Waals surface area (Å²) in [4.78, 5) is 32.8. The van der Waals surface area contributed by atoms with E-state index in [0.717, 1.165) is 11.8 Å². The monoisotopic (exact) mass is 244 g/mol. The van der Waals surface area contributed by atoms with Crippen LogP contribution in [0.1, 0.15) is 19.8 Å². The lowest BCUT2D eigenvalue weighted by atomic mass is 10.2. The second-order valence-corrected chi connectivity index (χ2v) is 4.81. The summed E-state index contributed by atoms with van der Waals surface area (Å²) in [6, 6.07) is 0. The highest BCUT2D eigenvalue weighted by Gasteiger charge is 2.27. The smallest absolute Gasteiger partial charge is 0.332 e. The number of carbonyl (C=O) groups is 3. The lowest BCUT2D eigenvalue weighted by molar-refractivity contribution is -0.136. The van der Waals surface area contributed by atoms with Crippen LogP contribution < -0.4 is 0 Å². The average molecular weight is 244 g/mol. The van der Waals surface area contributed by atoms with Crippen molar-refractivity contribution in [3.05, 3.63) is 11.1 Å². The lowest BCUT2D eigenvalue weighted by Crippen LogP contribution is -2.14. The van der Waals surface area contributed by atoms with Gasteiger partial charge in [0.1, 0.15) is 0 Å². The minimum Gasteiger partial charge on any atom is -0.480 e. The van der Waals surface area contributed by atoms with Crippen LogP contribution in [0.3, 0.4) is 0 Å². The predicted octanol–water partition coefficient (Wildman–Crippen LogP) is 0.937. The normalized spacial score (nSPS) is 17.7. The number of ketones is 1. The summed E-state index contributed by atoms with van der Waals surface area (Å²) in [5, 5.41) is 16.9. The molecule has 0 bridgehead atoms. The number of carbonyl (C=O) groups excluding carboxylic acids is 1. The zero-order chi connectivity index (χ0) is 12.3. The van der Waals surface area contributed by atoms with E-state index >= 15 is 0 Å². The van der Waals surface area contributed by atoms with Crippen molar-refractivity contribution >= 4 is 29.5 Å². The molecule has 1 aliphatic rings. The lowest BCUT2D eigenvalue weighted by Gasteiger charge is -2.06. The minimum absolute atomic E-state index is 0.134. The van der Waals surface area contributed by atoms with E-state index in [9.17, 15) is 14.4 Å². The summed E-state index contributed by atoms with van der Waals surface area (Å²) in [7, 11) is 0. The highest BCUT2D eigenvalue weighted by molar-refractivity contribution is 8.00. The number of thioether (sulfide) groups is 1. The molecule has 0 aliphatic heterocycles. The van der Waals surface area contributed by atoms with Crippen LogP contribution in [-0.2, 0) is 14.4 Å². The Bertz CT molecular complexity index is 371. The molecular weight excluding hydrogens is 232 g/mol. The molecule has 88 valence electrons. The Morgan fingerprint density at radius 3 is 2.50 bits per heavy atom. The third-order valence-electron chi connectivity index (χ3n) is 2.39. The molecule has 0 heterocycles. The van der Waals surface area contributed by atoms with Gasteiger partial charge in [-0.1, -0.05) is 0 Å². The highest BCUT2D eigenvalue weighted by atomic mass is 32.2. The van der Waals surface area contributed by atoms with Gasteiger partial charge in [0, 0.05) is 23.3 Å². The standard InChI is InChI=1S/C10H12O5S/c1-5(9(12)13)16-4-7-6(10(14)15)2-3-8(7)11/h5H,2-4H2,1H3,(H,12,13)(H,14,15). The van der Waals surface area contributed by atoms with Gasteiger partial charge in [0.2, 0.25) is 0 Å². The van der Waals surface area contributed by atoms with Crippen molar-refractivity contribution in [1.82, 2.24) is 0 Å². The van der Waals surface area contributed by atoms with Gasteiger partial charge in [-0.3, -0.25) is 9.59 Å². The van der Waals surface area contributed by atoms with Crippen molar-refractivity contribution in [1.29, 1.82) is 0 Å². The number of hydrogen-bond acceptors (Lipinski definition) is 4. The van der Waals surface area contributed by atoms with Crippen molar-refractivity contribution in [2.24, 2.45) is 0 Å². The maximum Gasteiger partial charge on any atom is 0.332 e. The fourth-order valence-electron chi connectivity index (χ4n) is 1.39. The number of rotatable bonds is 5. The molecule has 0 spiro atoms. The Balaban J connectivity index is 2.70. The average Bonchev–Trinajstić information content (AvgIpc) is 2.56. The molecule has 0 radical (unpaired) electrons. The Morgan fingerprint density at radius 2 is 2.00 bits per heavy atom. The molecule has 0 aromatic carbocycles. The first-order valence-electron chi connectivity index (χ1n) is 4.76. The molecule has 0 saturated carbocycles. The van der Waals surface area contributed by atoms with Crippen LogP contribution in [0.25, 0.3) is 0 Å². The summed E-state index contributed by atoms with van der Waals surface area (Å²) >= 11 is 1.07. The van der Waals surface area contributed by atoms with Gasteiger partial charge in [-0.2, -0.15) is 0 Å². The van der Waals surface area contributed by atoms with Crippen LogP contribution in [0, 0.1) is 0 Å². The van der Waals surface area contributed by atoms with Crippen molar-refractivity contribution < 1.29 is 24.6 Å². The van der Waals surface area contributed by atoms with Gasteiger partial charge in [-0.05, 0) is 13.3 Å². The summed E-state index contributed by atoms with van der Waals surface area (Å²) in [6.07, 6.45) is 0.477. The molecule has 1 aliphatic carbocycles. The molecule has 6 heteroatoms. The minimum atomic E-state index is -1.08. The second kappa shape index (κ2) is 5.16. The summed E-state index contributed by atoms with van der Waals surface area (Å²) in [6.45, 7) is 1.51. The molecule has 2 N–H and O–H groups in total. The number of carboxylic acid groups (broad SMARTS) is 2. The van der Waals surface area contributed by atoms with Gasteiger partial charge < -0.3 is 10.2 Å². The third-order valence-corrected chi connectivity index (χ3v) is 3.54. The van der Waals surface area contributed by atoms with Gasteiger partial charge >= 0.3 is 11.9 Å². The van der Waals surface area contributed by atoms with Crippen molar-refractivity contribution in [3.63, 3.8) is 0 Å². The molecule has 0 amide bonds. The molecular formula is C10H12O5S. The fraction of sp³-hybridized carbons (Fsp3) is 0.500. The van der Waals surface area contributed by atoms with Crippen LogP contribution in [0.2, 0.25) is 0 Å². The Hall–Kier alpha value is -1.30. The van der Waals surface area contributed by atoms with E-state index in [4.69, 9.17) is 10.2 Å². The van der Waals surface area contributed by atoms with E-state index in [-0.39, 0.29) is 35.5 Å². The Kier molecular flexibility index (Phi) is 4.12. The Labute approximate surface area is 96.5 Å². The molecule has 0 fully saturated rings. The number of Topliss-reactive ketones (excluding diaryl/α,β-unsaturated/α-hetero) is 1. The first-order chi connectivity index (χ1) is 7.43. The van der Waals surface area contributed by atoms with E-state index in [1.54, 1.807) is 0 Å². The van der Waals surface area contributed by atoms with Crippen molar-refractivity contribution in [2.75, 3.05) is 5.75 Å². The van der Waals surface area contributed by atoms with Gasteiger partial charge in [0.15, 0.2) is 5.78 Å². The van der Waals surface area contributed by atoms with Gasteiger partial charge in [0.25, 0.3) is 0 Å². The van der Waals surface area contributed by atoms with E-state index in [1.807, 2.05) is 0 Å². The van der Waals surface area contributed by atoms with Crippen LogP contribution in [-0.4, -0.2) is 38.9 Å². The molecule has 1 rings (SSSR count). The van der Waals surface area contributed by atoms with Crippen molar-refractivity contribution in [2.45, 2.75) is 25.0 Å². The van der Waals surface area contributed by atoms with Crippen LogP contribution in [0.5, 0.6) is 0 Å². The second-order valence-electron chi connectivity index (χ2n) is 3.48. The molecule has 16 heavy (non-hydrogen) atoms. The largest absolute Gasteiger partial charge is 0.480 e. The Morgan fingerprint density at radius 1 is 1.38 bits per heavy atom. The molecule has 0 saturated heterocycles. The summed E-state index contributed by atoms with van der Waals surface area (Å²) in [5.74, 6) is -2.06. The number of carboxylic acids is 2. The van der Waals surface area contributed by atoms with Crippen LogP contribution in [0.4, 0.5) is 0 Å². The maximum absolute atomic E-state index is 11.4. The van der Waals surface area contributed by atoms with E-state index in [1.165, 1.54) is 6.92 Å². The zero-order valence-corrected chi connectivity index (χ0v) is 9.54. The molecule has 5 nitrogen and oxygen atoms in total. The van der Waals surface area contributed by atoms with Gasteiger partial charge in [-0.25, -0.2) is 4.79 Å². The molecule has 0 aromatic heterocycles. The quantitative estimate of drug-likeness (QED) is 0.747. The zero-order valence-electron chi connectivity index (χ0n) is 8.73.